The predicted octanol–water partition coefficient (Wildman–Crippen LogP) is 3.73. The van der Waals surface area contributed by atoms with Gasteiger partial charge in [-0.15, -0.1) is 11.3 Å². The molecule has 17 heavy (non-hydrogen) atoms. The molecule has 0 radical (unpaired) electrons. The average Bonchev–Trinajstić information content (AvgIpc) is 2.79. The van der Waals surface area contributed by atoms with E-state index in [0.717, 1.165) is 10.9 Å². The maximum absolute atomic E-state index is 13.4. The fourth-order valence-corrected chi connectivity index (χ4v) is 2.01. The third kappa shape index (κ3) is 2.58. The number of benzene rings is 1. The molecule has 0 aliphatic heterocycles. The normalized spacial score (nSPS) is 12.5. The summed E-state index contributed by atoms with van der Waals surface area (Å²) in [6.45, 7) is 1.79. The number of anilines is 1. The molecule has 1 heterocycles. The third-order valence-electron chi connectivity index (χ3n) is 2.26. The fraction of sp³-hybridized carbons (Fsp3) is 0.182. The SMILES string of the molecule is CC(Nc1cc(F)c(F)cc1F)c1cncs1. The molecule has 0 aliphatic rings. The molecule has 1 aromatic heterocycles. The van der Waals surface area contributed by atoms with Crippen molar-refractivity contribution in [3.8, 4) is 0 Å². The zero-order valence-corrected chi connectivity index (χ0v) is 9.69. The molecule has 0 spiro atoms. The molecule has 2 rings (SSSR count). The van der Waals surface area contributed by atoms with E-state index in [1.54, 1.807) is 18.6 Å². The van der Waals surface area contributed by atoms with Gasteiger partial charge in [0.2, 0.25) is 0 Å². The summed E-state index contributed by atoms with van der Waals surface area (Å²) in [5.74, 6) is -3.09. The Morgan fingerprint density at radius 1 is 1.18 bits per heavy atom. The van der Waals surface area contributed by atoms with Crippen LogP contribution in [-0.4, -0.2) is 4.98 Å². The van der Waals surface area contributed by atoms with Crippen LogP contribution in [0.1, 0.15) is 17.8 Å². The number of hydrogen-bond acceptors (Lipinski definition) is 3. The van der Waals surface area contributed by atoms with E-state index in [1.807, 2.05) is 0 Å². The van der Waals surface area contributed by atoms with Gasteiger partial charge in [0.25, 0.3) is 0 Å². The second kappa shape index (κ2) is 4.75. The van der Waals surface area contributed by atoms with Gasteiger partial charge >= 0.3 is 0 Å². The minimum atomic E-state index is -1.20. The molecule has 2 aromatic rings. The van der Waals surface area contributed by atoms with Crippen molar-refractivity contribution in [3.05, 3.63) is 46.2 Å². The molecule has 2 nitrogen and oxygen atoms in total. The van der Waals surface area contributed by atoms with Gasteiger partial charge in [-0.1, -0.05) is 0 Å². The zero-order valence-electron chi connectivity index (χ0n) is 8.88. The summed E-state index contributed by atoms with van der Waals surface area (Å²) in [5.41, 5.74) is 1.58. The lowest BCUT2D eigenvalue weighted by atomic mass is 10.2. The van der Waals surface area contributed by atoms with Gasteiger partial charge < -0.3 is 5.32 Å². The lowest BCUT2D eigenvalue weighted by Crippen LogP contribution is -2.07. The highest BCUT2D eigenvalue weighted by Crippen LogP contribution is 2.25. The number of thiazole rings is 1. The van der Waals surface area contributed by atoms with E-state index in [2.05, 4.69) is 10.3 Å². The Hall–Kier alpha value is -1.56. The molecule has 1 atom stereocenters. The number of rotatable bonds is 3. The van der Waals surface area contributed by atoms with Gasteiger partial charge in [-0.25, -0.2) is 13.2 Å². The van der Waals surface area contributed by atoms with Crippen molar-refractivity contribution in [1.82, 2.24) is 4.98 Å². The van der Waals surface area contributed by atoms with Crippen LogP contribution < -0.4 is 5.32 Å². The largest absolute Gasteiger partial charge is 0.375 e. The molecule has 6 heteroatoms. The second-order valence-electron chi connectivity index (χ2n) is 3.52. The van der Waals surface area contributed by atoms with Gasteiger partial charge in [0.05, 0.1) is 17.2 Å². The number of aromatic nitrogens is 1. The molecule has 1 unspecified atom stereocenters. The van der Waals surface area contributed by atoms with Crippen molar-refractivity contribution in [2.75, 3.05) is 5.32 Å². The van der Waals surface area contributed by atoms with Gasteiger partial charge in [0, 0.05) is 23.2 Å². The van der Waals surface area contributed by atoms with Gasteiger partial charge in [-0.05, 0) is 6.92 Å². The van der Waals surface area contributed by atoms with Gasteiger partial charge in [-0.3, -0.25) is 4.98 Å². The van der Waals surface area contributed by atoms with E-state index in [0.29, 0.717) is 6.07 Å². The van der Waals surface area contributed by atoms with Crippen molar-refractivity contribution in [1.29, 1.82) is 0 Å². The Bertz CT molecular complexity index is 514. The van der Waals surface area contributed by atoms with Crippen molar-refractivity contribution >= 4 is 17.0 Å². The molecule has 0 bridgehead atoms. The Labute approximate surface area is 100 Å². The summed E-state index contributed by atoms with van der Waals surface area (Å²) >= 11 is 1.40. The predicted molar refractivity (Wildman–Crippen MR) is 60.5 cm³/mol. The first-order valence-corrected chi connectivity index (χ1v) is 5.75. The van der Waals surface area contributed by atoms with Gasteiger partial charge in [0.1, 0.15) is 5.82 Å². The summed E-state index contributed by atoms with van der Waals surface area (Å²) in [5, 5.41) is 2.77. The van der Waals surface area contributed by atoms with E-state index in [1.165, 1.54) is 11.3 Å². The number of nitrogens with zero attached hydrogens (tertiary/aromatic N) is 1. The first kappa shape index (κ1) is 11.9. The summed E-state index contributed by atoms with van der Waals surface area (Å²) in [4.78, 5) is 4.77. The molecular weight excluding hydrogens is 249 g/mol. The van der Waals surface area contributed by atoms with E-state index in [-0.39, 0.29) is 11.7 Å². The monoisotopic (exact) mass is 258 g/mol. The lowest BCUT2D eigenvalue weighted by molar-refractivity contribution is 0.495. The Morgan fingerprint density at radius 3 is 2.53 bits per heavy atom. The zero-order chi connectivity index (χ0) is 12.4. The molecule has 1 aromatic carbocycles. The Balaban J connectivity index is 2.22. The van der Waals surface area contributed by atoms with Crippen LogP contribution in [0.3, 0.4) is 0 Å². The van der Waals surface area contributed by atoms with Crippen LogP contribution in [0.5, 0.6) is 0 Å². The minimum Gasteiger partial charge on any atom is -0.375 e. The summed E-state index contributed by atoms with van der Waals surface area (Å²) in [6, 6.07) is 1.11. The topological polar surface area (TPSA) is 24.9 Å². The maximum atomic E-state index is 13.4. The highest BCUT2D eigenvalue weighted by Gasteiger charge is 2.13. The smallest absolute Gasteiger partial charge is 0.161 e. The minimum absolute atomic E-state index is 0.0650. The lowest BCUT2D eigenvalue weighted by Gasteiger charge is -2.14. The molecule has 1 N–H and O–H groups in total. The highest BCUT2D eigenvalue weighted by atomic mass is 32.1. The van der Waals surface area contributed by atoms with Crippen LogP contribution in [0.2, 0.25) is 0 Å². The average molecular weight is 258 g/mol. The molecular formula is C11H9F3N2S. The van der Waals surface area contributed by atoms with Crippen LogP contribution in [0.4, 0.5) is 18.9 Å². The van der Waals surface area contributed by atoms with E-state index >= 15 is 0 Å². The van der Waals surface area contributed by atoms with Crippen molar-refractivity contribution in [2.45, 2.75) is 13.0 Å². The summed E-state index contributed by atoms with van der Waals surface area (Å²) in [6.07, 6.45) is 1.64. The molecule has 0 fully saturated rings. The van der Waals surface area contributed by atoms with Crippen LogP contribution in [0.25, 0.3) is 0 Å². The first-order chi connectivity index (χ1) is 8.08. The summed E-state index contributed by atoms with van der Waals surface area (Å²) in [7, 11) is 0. The Kier molecular flexibility index (Phi) is 3.33. The van der Waals surface area contributed by atoms with Crippen molar-refractivity contribution < 1.29 is 13.2 Å². The van der Waals surface area contributed by atoms with Crippen molar-refractivity contribution in [3.63, 3.8) is 0 Å². The highest BCUT2D eigenvalue weighted by molar-refractivity contribution is 7.09. The first-order valence-electron chi connectivity index (χ1n) is 4.87. The molecule has 0 aliphatic carbocycles. The quantitative estimate of drug-likeness (QED) is 0.848. The van der Waals surface area contributed by atoms with Gasteiger partial charge in [-0.2, -0.15) is 0 Å². The van der Waals surface area contributed by atoms with E-state index < -0.39 is 17.5 Å². The van der Waals surface area contributed by atoms with Crippen LogP contribution in [0.15, 0.2) is 23.8 Å². The van der Waals surface area contributed by atoms with Crippen molar-refractivity contribution in [2.24, 2.45) is 0 Å². The number of hydrogen-bond donors (Lipinski definition) is 1. The standard InChI is InChI=1S/C11H9F3N2S/c1-6(11-4-15-5-17-11)16-10-3-8(13)7(12)2-9(10)14/h2-6,16H,1H3. The second-order valence-corrected chi connectivity index (χ2v) is 4.43. The van der Waals surface area contributed by atoms with Gasteiger partial charge in [0.15, 0.2) is 11.6 Å². The van der Waals surface area contributed by atoms with Crippen LogP contribution >= 0.6 is 11.3 Å². The molecule has 0 saturated carbocycles. The van der Waals surface area contributed by atoms with E-state index in [9.17, 15) is 13.2 Å². The Morgan fingerprint density at radius 2 is 1.88 bits per heavy atom. The third-order valence-corrected chi connectivity index (χ3v) is 3.22. The number of nitrogens with one attached hydrogen (secondary N) is 1. The van der Waals surface area contributed by atoms with E-state index in [4.69, 9.17) is 0 Å². The molecule has 90 valence electrons. The van der Waals surface area contributed by atoms with Crippen LogP contribution in [-0.2, 0) is 0 Å². The summed E-state index contributed by atoms with van der Waals surface area (Å²) < 4.78 is 39.0. The van der Waals surface area contributed by atoms with Crippen LogP contribution in [0, 0.1) is 17.5 Å². The fourth-order valence-electron chi connectivity index (χ4n) is 1.38. The maximum Gasteiger partial charge on any atom is 0.161 e. The molecule has 0 amide bonds. The molecule has 0 saturated heterocycles. The number of halogens is 3.